The largest absolute Gasteiger partial charge is 0.350 e. The Bertz CT molecular complexity index is 528. The number of benzene rings is 1. The minimum Gasteiger partial charge on any atom is -0.350 e. The summed E-state index contributed by atoms with van der Waals surface area (Å²) < 4.78 is 2.04. The van der Waals surface area contributed by atoms with Crippen LogP contribution in [0.5, 0.6) is 0 Å². The molecule has 1 aromatic heterocycles. The second-order valence-electron chi connectivity index (χ2n) is 3.63. The maximum atomic E-state index is 11.3. The van der Waals surface area contributed by atoms with Gasteiger partial charge in [-0.05, 0) is 30.7 Å². The van der Waals surface area contributed by atoms with Crippen LogP contribution in [-0.4, -0.2) is 10.5 Å². The van der Waals surface area contributed by atoms with Crippen LogP contribution in [0.3, 0.4) is 0 Å². The summed E-state index contributed by atoms with van der Waals surface area (Å²) >= 11 is 0. The van der Waals surface area contributed by atoms with Crippen LogP contribution in [0.1, 0.15) is 15.9 Å². The summed E-state index contributed by atoms with van der Waals surface area (Å²) in [7, 11) is 1.98. The monoisotopic (exact) mass is 203 g/mol. The van der Waals surface area contributed by atoms with Crippen LogP contribution in [0.25, 0.3) is 10.9 Å². The number of aromatic nitrogens is 1. The number of rotatable bonds is 1. The van der Waals surface area contributed by atoms with Gasteiger partial charge in [0.2, 0.25) is 0 Å². The van der Waals surface area contributed by atoms with Crippen LogP contribution in [-0.2, 0) is 7.05 Å². The van der Waals surface area contributed by atoms with Gasteiger partial charge in [0.05, 0.1) is 0 Å². The molecule has 4 heteroatoms. The number of carbonyl (C=O) groups excluding carboxylic acids is 1. The van der Waals surface area contributed by atoms with E-state index >= 15 is 0 Å². The molecule has 1 amide bonds. The van der Waals surface area contributed by atoms with Crippen LogP contribution < -0.4 is 11.3 Å². The topological polar surface area (TPSA) is 60.0 Å². The quantitative estimate of drug-likeness (QED) is 0.414. The van der Waals surface area contributed by atoms with Gasteiger partial charge in [0.15, 0.2) is 0 Å². The molecule has 0 spiro atoms. The SMILES string of the molecule is Cc1cn(C)c2ccc(C(=O)NN)cc12. The Morgan fingerprint density at radius 3 is 2.87 bits per heavy atom. The lowest BCUT2D eigenvalue weighted by Crippen LogP contribution is -2.29. The Labute approximate surface area is 87.6 Å². The fraction of sp³-hybridized carbons (Fsp3) is 0.182. The first kappa shape index (κ1) is 9.73. The molecule has 3 N–H and O–H groups in total. The minimum absolute atomic E-state index is 0.264. The van der Waals surface area contributed by atoms with Crippen molar-refractivity contribution >= 4 is 16.8 Å². The van der Waals surface area contributed by atoms with Gasteiger partial charge < -0.3 is 4.57 Å². The van der Waals surface area contributed by atoms with Crippen molar-refractivity contribution in [3.8, 4) is 0 Å². The predicted octanol–water partition coefficient (Wildman–Crippen LogP) is 1.09. The Hall–Kier alpha value is -1.81. The average molecular weight is 203 g/mol. The van der Waals surface area contributed by atoms with E-state index in [1.165, 1.54) is 0 Å². The summed E-state index contributed by atoms with van der Waals surface area (Å²) in [6.07, 6.45) is 2.04. The van der Waals surface area contributed by atoms with Gasteiger partial charge in [-0.25, -0.2) is 5.84 Å². The van der Waals surface area contributed by atoms with E-state index in [4.69, 9.17) is 5.84 Å². The van der Waals surface area contributed by atoms with Crippen molar-refractivity contribution in [1.29, 1.82) is 0 Å². The molecule has 0 saturated carbocycles. The second kappa shape index (κ2) is 3.40. The predicted molar refractivity (Wildman–Crippen MR) is 59.3 cm³/mol. The molecule has 0 aliphatic heterocycles. The molecule has 0 aliphatic carbocycles. The van der Waals surface area contributed by atoms with E-state index < -0.39 is 0 Å². The molecule has 4 nitrogen and oxygen atoms in total. The van der Waals surface area contributed by atoms with Crippen LogP contribution in [0, 0.1) is 6.92 Å². The molecule has 0 saturated heterocycles. The van der Waals surface area contributed by atoms with Crippen molar-refractivity contribution in [2.45, 2.75) is 6.92 Å². The summed E-state index contributed by atoms with van der Waals surface area (Å²) in [5.74, 6) is 4.82. The van der Waals surface area contributed by atoms with Crippen molar-refractivity contribution < 1.29 is 4.79 Å². The number of hydrazine groups is 1. The molecule has 1 heterocycles. The number of hydrogen-bond donors (Lipinski definition) is 2. The summed E-state index contributed by atoms with van der Waals surface area (Å²) in [4.78, 5) is 11.3. The molecule has 0 fully saturated rings. The van der Waals surface area contributed by atoms with Crippen molar-refractivity contribution in [1.82, 2.24) is 9.99 Å². The van der Waals surface area contributed by atoms with Crippen molar-refractivity contribution in [3.63, 3.8) is 0 Å². The van der Waals surface area contributed by atoms with Crippen LogP contribution >= 0.6 is 0 Å². The maximum absolute atomic E-state index is 11.3. The number of nitrogens with two attached hydrogens (primary N) is 1. The van der Waals surface area contributed by atoms with E-state index in [9.17, 15) is 4.79 Å². The molecule has 78 valence electrons. The molecule has 0 radical (unpaired) electrons. The third-order valence-corrected chi connectivity index (χ3v) is 2.58. The lowest BCUT2D eigenvalue weighted by molar-refractivity contribution is 0.0954. The third-order valence-electron chi connectivity index (χ3n) is 2.58. The number of aryl methyl sites for hydroxylation is 2. The van der Waals surface area contributed by atoms with Crippen molar-refractivity contribution in [2.75, 3.05) is 0 Å². The van der Waals surface area contributed by atoms with Gasteiger partial charge in [-0.3, -0.25) is 10.2 Å². The fourth-order valence-corrected chi connectivity index (χ4v) is 1.81. The molecule has 1 aromatic carbocycles. The third kappa shape index (κ3) is 1.49. The van der Waals surface area contributed by atoms with E-state index in [2.05, 4.69) is 5.43 Å². The molecule has 0 unspecified atom stereocenters. The van der Waals surface area contributed by atoms with E-state index in [0.717, 1.165) is 16.5 Å². The Morgan fingerprint density at radius 1 is 1.47 bits per heavy atom. The normalized spacial score (nSPS) is 10.6. The molecular formula is C11H13N3O. The zero-order valence-corrected chi connectivity index (χ0v) is 8.74. The number of carbonyl (C=O) groups is 1. The number of nitrogens with zero attached hydrogens (tertiary/aromatic N) is 1. The molecule has 0 atom stereocenters. The number of hydrogen-bond acceptors (Lipinski definition) is 2. The van der Waals surface area contributed by atoms with Crippen molar-refractivity contribution in [3.05, 3.63) is 35.5 Å². The smallest absolute Gasteiger partial charge is 0.265 e. The first-order valence-corrected chi connectivity index (χ1v) is 4.70. The average Bonchev–Trinajstić information content (AvgIpc) is 2.53. The number of fused-ring (bicyclic) bond motifs is 1. The van der Waals surface area contributed by atoms with Gasteiger partial charge >= 0.3 is 0 Å². The minimum atomic E-state index is -0.264. The highest BCUT2D eigenvalue weighted by Gasteiger charge is 2.07. The second-order valence-corrected chi connectivity index (χ2v) is 3.63. The van der Waals surface area contributed by atoms with Crippen LogP contribution in [0.4, 0.5) is 0 Å². The molecule has 2 aromatic rings. The van der Waals surface area contributed by atoms with Crippen molar-refractivity contribution in [2.24, 2.45) is 12.9 Å². The number of nitrogen functional groups attached to an aromatic ring is 1. The summed E-state index contributed by atoms with van der Waals surface area (Å²) in [6.45, 7) is 2.02. The Morgan fingerprint density at radius 2 is 2.20 bits per heavy atom. The van der Waals surface area contributed by atoms with Gasteiger partial charge in [0.1, 0.15) is 0 Å². The van der Waals surface area contributed by atoms with Gasteiger partial charge in [-0.15, -0.1) is 0 Å². The van der Waals surface area contributed by atoms with E-state index in [1.807, 2.05) is 36.9 Å². The van der Waals surface area contributed by atoms with Gasteiger partial charge in [0.25, 0.3) is 5.91 Å². The van der Waals surface area contributed by atoms with Crippen LogP contribution in [0.2, 0.25) is 0 Å². The molecule has 15 heavy (non-hydrogen) atoms. The number of amides is 1. The standard InChI is InChI=1S/C11H13N3O/c1-7-6-14(2)10-4-3-8(5-9(7)10)11(15)13-12/h3-6H,12H2,1-2H3,(H,13,15). The Kier molecular flexibility index (Phi) is 2.21. The highest BCUT2D eigenvalue weighted by Crippen LogP contribution is 2.21. The highest BCUT2D eigenvalue weighted by molar-refractivity contribution is 5.98. The summed E-state index contributed by atoms with van der Waals surface area (Å²) in [5, 5.41) is 1.08. The summed E-state index contributed by atoms with van der Waals surface area (Å²) in [5.41, 5.74) is 4.97. The first-order valence-electron chi connectivity index (χ1n) is 4.70. The Balaban J connectivity index is 2.65. The van der Waals surface area contributed by atoms with Gasteiger partial charge in [0, 0.05) is 29.7 Å². The van der Waals surface area contributed by atoms with Gasteiger partial charge in [-0.2, -0.15) is 0 Å². The zero-order chi connectivity index (χ0) is 11.0. The van der Waals surface area contributed by atoms with Crippen LogP contribution in [0.15, 0.2) is 24.4 Å². The van der Waals surface area contributed by atoms with E-state index in [1.54, 1.807) is 6.07 Å². The molecule has 2 rings (SSSR count). The van der Waals surface area contributed by atoms with Gasteiger partial charge in [-0.1, -0.05) is 0 Å². The fourth-order valence-electron chi connectivity index (χ4n) is 1.81. The number of nitrogens with one attached hydrogen (secondary N) is 1. The molecule has 0 bridgehead atoms. The van der Waals surface area contributed by atoms with E-state index in [-0.39, 0.29) is 5.91 Å². The first-order chi connectivity index (χ1) is 7.13. The molecule has 0 aliphatic rings. The molecular weight excluding hydrogens is 190 g/mol. The lowest BCUT2D eigenvalue weighted by atomic mass is 10.1. The highest BCUT2D eigenvalue weighted by atomic mass is 16.2. The maximum Gasteiger partial charge on any atom is 0.265 e. The summed E-state index contributed by atoms with van der Waals surface area (Å²) in [6, 6.07) is 5.55. The van der Waals surface area contributed by atoms with E-state index in [0.29, 0.717) is 5.56 Å². The zero-order valence-electron chi connectivity index (χ0n) is 8.74. The lowest BCUT2D eigenvalue weighted by Gasteiger charge is -2.01.